The molecule has 1 aromatic carbocycles. The van der Waals surface area contributed by atoms with E-state index in [-0.39, 0.29) is 0 Å². The Labute approximate surface area is 172 Å². The second-order valence-electron chi connectivity index (χ2n) is 7.85. The van der Waals surface area contributed by atoms with E-state index in [2.05, 4.69) is 56.1 Å². The predicted octanol–water partition coefficient (Wildman–Crippen LogP) is 7.27. The molecule has 0 aliphatic heterocycles. The minimum absolute atomic E-state index is 1.01. The molecule has 0 fully saturated rings. The van der Waals surface area contributed by atoms with Crippen LogP contribution in [-0.4, -0.2) is 17.0 Å². The Morgan fingerprint density at radius 2 is 1.36 bits per heavy atom. The fraction of sp³-hybridized carbons (Fsp3) is 0.600. The van der Waals surface area contributed by atoms with Gasteiger partial charge in [-0.05, 0) is 37.8 Å². The summed E-state index contributed by atoms with van der Waals surface area (Å²) in [6.45, 7) is 4.52. The number of rotatable bonds is 14. The summed E-state index contributed by atoms with van der Waals surface area (Å²) in [7, 11) is 2.11. The van der Waals surface area contributed by atoms with Crippen LogP contribution in [0.15, 0.2) is 36.5 Å². The van der Waals surface area contributed by atoms with Crippen molar-refractivity contribution in [2.24, 2.45) is 0 Å². The first-order chi connectivity index (χ1) is 13.8. The van der Waals surface area contributed by atoms with Gasteiger partial charge in [-0.3, -0.25) is 4.98 Å². The largest absolute Gasteiger partial charge is 0.328 e. The maximum absolute atomic E-state index is 5.04. The van der Waals surface area contributed by atoms with E-state index in [0.717, 1.165) is 30.0 Å². The molecular formula is C25H39N3. The van der Waals surface area contributed by atoms with Gasteiger partial charge >= 0.3 is 0 Å². The van der Waals surface area contributed by atoms with Gasteiger partial charge in [-0.25, -0.2) is 4.98 Å². The van der Waals surface area contributed by atoms with E-state index in [4.69, 9.17) is 9.97 Å². The zero-order valence-corrected chi connectivity index (χ0v) is 18.3. The van der Waals surface area contributed by atoms with Gasteiger partial charge in [-0.2, -0.15) is 0 Å². The van der Waals surface area contributed by atoms with Crippen molar-refractivity contribution in [2.75, 3.05) is 11.9 Å². The van der Waals surface area contributed by atoms with E-state index in [1.165, 1.54) is 69.9 Å². The van der Waals surface area contributed by atoms with Crippen molar-refractivity contribution < 1.29 is 0 Å². The summed E-state index contributed by atoms with van der Waals surface area (Å²) in [5.41, 5.74) is 3.43. The SMILES string of the molecule is CCCCCCCCCc1cnc(CCCCC)c(N(C)c2ccccc2)n1. The maximum atomic E-state index is 5.04. The van der Waals surface area contributed by atoms with Crippen LogP contribution in [0.25, 0.3) is 0 Å². The molecule has 0 atom stereocenters. The lowest BCUT2D eigenvalue weighted by molar-refractivity contribution is 0.586. The topological polar surface area (TPSA) is 29.0 Å². The highest BCUT2D eigenvalue weighted by Gasteiger charge is 2.13. The standard InChI is InChI=1S/C25H39N3/c1-4-6-8-9-10-11-14-17-22-21-26-24(20-13-7-5-2)25(27-22)28(3)23-18-15-12-16-19-23/h12,15-16,18-19,21H,4-11,13-14,17,20H2,1-3H3. The van der Waals surface area contributed by atoms with Crippen molar-refractivity contribution in [3.05, 3.63) is 47.9 Å². The maximum Gasteiger partial charge on any atom is 0.154 e. The Morgan fingerprint density at radius 3 is 2.07 bits per heavy atom. The van der Waals surface area contributed by atoms with Crippen molar-refractivity contribution in [3.8, 4) is 0 Å². The van der Waals surface area contributed by atoms with Crippen LogP contribution in [0.2, 0.25) is 0 Å². The van der Waals surface area contributed by atoms with Crippen LogP contribution in [0.1, 0.15) is 89.4 Å². The number of hydrogen-bond acceptors (Lipinski definition) is 3. The minimum atomic E-state index is 1.01. The van der Waals surface area contributed by atoms with Gasteiger partial charge in [0.05, 0.1) is 11.4 Å². The quantitative estimate of drug-likeness (QED) is 0.322. The van der Waals surface area contributed by atoms with Gasteiger partial charge in [0.15, 0.2) is 5.82 Å². The molecule has 1 heterocycles. The Morgan fingerprint density at radius 1 is 0.750 bits per heavy atom. The number of aromatic nitrogens is 2. The van der Waals surface area contributed by atoms with E-state index in [1.54, 1.807) is 0 Å². The summed E-state index contributed by atoms with van der Waals surface area (Å²) >= 11 is 0. The number of anilines is 2. The molecule has 0 unspecified atom stereocenters. The lowest BCUT2D eigenvalue weighted by Crippen LogP contribution is -2.16. The predicted molar refractivity (Wildman–Crippen MR) is 121 cm³/mol. The molecule has 2 aromatic rings. The number of aryl methyl sites for hydroxylation is 2. The van der Waals surface area contributed by atoms with Crippen molar-refractivity contribution in [1.82, 2.24) is 9.97 Å². The molecule has 0 bridgehead atoms. The molecule has 0 aliphatic carbocycles. The van der Waals surface area contributed by atoms with Crippen molar-refractivity contribution in [1.29, 1.82) is 0 Å². The number of unbranched alkanes of at least 4 members (excludes halogenated alkanes) is 8. The summed E-state index contributed by atoms with van der Waals surface area (Å²) in [5, 5.41) is 0. The molecule has 0 N–H and O–H groups in total. The summed E-state index contributed by atoms with van der Waals surface area (Å²) in [5.74, 6) is 1.03. The molecule has 3 heteroatoms. The van der Waals surface area contributed by atoms with E-state index >= 15 is 0 Å². The third kappa shape index (κ3) is 7.61. The molecule has 154 valence electrons. The van der Waals surface area contributed by atoms with Crippen LogP contribution in [0.3, 0.4) is 0 Å². The molecule has 0 saturated heterocycles. The van der Waals surface area contributed by atoms with Crippen molar-refractivity contribution in [2.45, 2.75) is 90.9 Å². The molecule has 1 aromatic heterocycles. The summed E-state index contributed by atoms with van der Waals surface area (Å²) < 4.78 is 0. The molecule has 28 heavy (non-hydrogen) atoms. The van der Waals surface area contributed by atoms with E-state index < -0.39 is 0 Å². The summed E-state index contributed by atoms with van der Waals surface area (Å²) in [4.78, 5) is 12.1. The number of hydrogen-bond donors (Lipinski definition) is 0. The average Bonchev–Trinajstić information content (AvgIpc) is 2.74. The first-order valence-corrected chi connectivity index (χ1v) is 11.4. The van der Waals surface area contributed by atoms with Crippen LogP contribution in [0, 0.1) is 0 Å². The van der Waals surface area contributed by atoms with Crippen molar-refractivity contribution in [3.63, 3.8) is 0 Å². The molecule has 0 saturated carbocycles. The van der Waals surface area contributed by atoms with E-state index in [1.807, 2.05) is 6.20 Å². The summed E-state index contributed by atoms with van der Waals surface area (Å²) in [6, 6.07) is 10.5. The number of benzene rings is 1. The van der Waals surface area contributed by atoms with Crippen molar-refractivity contribution >= 4 is 11.5 Å². The smallest absolute Gasteiger partial charge is 0.154 e. The average molecular weight is 382 g/mol. The first-order valence-electron chi connectivity index (χ1n) is 11.4. The highest BCUT2D eigenvalue weighted by Crippen LogP contribution is 2.25. The van der Waals surface area contributed by atoms with Crippen LogP contribution in [0.5, 0.6) is 0 Å². The van der Waals surface area contributed by atoms with Gasteiger partial charge in [0, 0.05) is 18.9 Å². The van der Waals surface area contributed by atoms with Gasteiger partial charge in [-0.1, -0.05) is 83.4 Å². The fourth-order valence-corrected chi connectivity index (χ4v) is 3.58. The van der Waals surface area contributed by atoms with Gasteiger partial charge in [0.1, 0.15) is 0 Å². The minimum Gasteiger partial charge on any atom is -0.328 e. The third-order valence-electron chi connectivity index (χ3n) is 5.39. The van der Waals surface area contributed by atoms with Gasteiger partial charge < -0.3 is 4.90 Å². The van der Waals surface area contributed by atoms with Crippen LogP contribution >= 0.6 is 0 Å². The Balaban J connectivity index is 2.01. The molecule has 0 aliphatic rings. The highest BCUT2D eigenvalue weighted by atomic mass is 15.2. The normalized spacial score (nSPS) is 11.0. The molecule has 0 radical (unpaired) electrons. The Hall–Kier alpha value is -1.90. The third-order valence-corrected chi connectivity index (χ3v) is 5.39. The van der Waals surface area contributed by atoms with Crippen LogP contribution in [-0.2, 0) is 12.8 Å². The Bertz CT molecular complexity index is 654. The van der Waals surface area contributed by atoms with Crippen LogP contribution < -0.4 is 4.90 Å². The van der Waals surface area contributed by atoms with E-state index in [0.29, 0.717) is 0 Å². The number of para-hydroxylation sites is 1. The lowest BCUT2D eigenvalue weighted by Gasteiger charge is -2.21. The lowest BCUT2D eigenvalue weighted by atomic mass is 10.1. The molecule has 0 amide bonds. The second kappa shape index (κ2) is 13.3. The number of nitrogens with zero attached hydrogens (tertiary/aromatic N) is 3. The second-order valence-corrected chi connectivity index (χ2v) is 7.85. The van der Waals surface area contributed by atoms with Gasteiger partial charge in [0.25, 0.3) is 0 Å². The summed E-state index contributed by atoms with van der Waals surface area (Å²) in [6.07, 6.45) is 17.0. The monoisotopic (exact) mass is 381 g/mol. The fourth-order valence-electron chi connectivity index (χ4n) is 3.58. The molecular weight excluding hydrogens is 342 g/mol. The van der Waals surface area contributed by atoms with E-state index in [9.17, 15) is 0 Å². The molecule has 2 rings (SSSR count). The van der Waals surface area contributed by atoms with Crippen LogP contribution in [0.4, 0.5) is 11.5 Å². The van der Waals surface area contributed by atoms with Gasteiger partial charge in [-0.15, -0.1) is 0 Å². The Kier molecular flexibility index (Phi) is 10.6. The molecule has 0 spiro atoms. The zero-order chi connectivity index (χ0) is 20.0. The molecule has 3 nitrogen and oxygen atoms in total. The first kappa shape index (κ1) is 22.4. The highest BCUT2D eigenvalue weighted by molar-refractivity contribution is 5.60. The van der Waals surface area contributed by atoms with Gasteiger partial charge in [0.2, 0.25) is 0 Å². The zero-order valence-electron chi connectivity index (χ0n) is 18.3.